The number of nitrogens with zero attached hydrogens (tertiary/aromatic N) is 6. The molecule has 2 amide bonds. The van der Waals surface area contributed by atoms with E-state index >= 15 is 0 Å². The molecule has 3 heterocycles. The molecule has 0 atom stereocenters. The highest BCUT2D eigenvalue weighted by Gasteiger charge is 2.25. The lowest BCUT2D eigenvalue weighted by atomic mass is 10.2. The van der Waals surface area contributed by atoms with Crippen molar-refractivity contribution in [2.45, 2.75) is 0 Å². The van der Waals surface area contributed by atoms with Crippen LogP contribution in [-0.2, 0) is 4.79 Å². The molecule has 0 fully saturated rings. The van der Waals surface area contributed by atoms with E-state index in [0.717, 1.165) is 0 Å². The molecular formula is C18H15N9O4S. The van der Waals surface area contributed by atoms with Crippen LogP contribution in [0.25, 0.3) is 16.4 Å². The van der Waals surface area contributed by atoms with Crippen molar-refractivity contribution in [3.8, 4) is 22.1 Å². The zero-order chi connectivity index (χ0) is 22.5. The molecule has 13 nitrogen and oxygen atoms in total. The highest BCUT2D eigenvalue weighted by molar-refractivity contribution is 7.13. The number of nitrogen functional groups attached to an aromatic ring is 1. The Morgan fingerprint density at radius 3 is 2.72 bits per heavy atom. The lowest BCUT2D eigenvalue weighted by Crippen LogP contribution is -2.20. The maximum Gasteiger partial charge on any atom is 0.294 e. The minimum atomic E-state index is -0.590. The monoisotopic (exact) mass is 453 g/mol. The first-order chi connectivity index (χ1) is 15.5. The van der Waals surface area contributed by atoms with E-state index in [4.69, 9.17) is 16.2 Å². The molecule has 0 saturated heterocycles. The third kappa shape index (κ3) is 4.44. The molecule has 0 aliphatic heterocycles. The number of rotatable bonds is 8. The Balaban J connectivity index is 1.51. The van der Waals surface area contributed by atoms with Crippen LogP contribution in [0.3, 0.4) is 0 Å². The molecule has 0 unspecified atom stereocenters. The molecule has 4 rings (SSSR count). The van der Waals surface area contributed by atoms with Gasteiger partial charge in [0.25, 0.3) is 11.8 Å². The quantitative estimate of drug-likeness (QED) is 0.253. The number of hydrogen-bond donors (Lipinski definition) is 3. The Morgan fingerprint density at radius 1 is 1.25 bits per heavy atom. The first-order valence-electron chi connectivity index (χ1n) is 8.95. The fraction of sp³-hybridized carbons (Fsp3) is 0.0556. The first kappa shape index (κ1) is 20.7. The Morgan fingerprint density at radius 2 is 2.06 bits per heavy atom. The SMILES string of the molecule is NC(=O)COc1ccc(/C=N\NC(=O)c2nnn(-c3nonc3N)c2-c2cccs2)cc1. The number of ether oxygens (including phenoxy) is 1. The van der Waals surface area contributed by atoms with Gasteiger partial charge in [-0.05, 0) is 51.6 Å². The summed E-state index contributed by atoms with van der Waals surface area (Å²) < 4.78 is 11.1. The smallest absolute Gasteiger partial charge is 0.294 e. The van der Waals surface area contributed by atoms with E-state index < -0.39 is 11.8 Å². The second kappa shape index (κ2) is 9.05. The number of thiophene rings is 1. The molecule has 0 aliphatic carbocycles. The van der Waals surface area contributed by atoms with E-state index in [1.807, 2.05) is 11.4 Å². The van der Waals surface area contributed by atoms with Crippen molar-refractivity contribution >= 4 is 35.2 Å². The summed E-state index contributed by atoms with van der Waals surface area (Å²) in [6.07, 6.45) is 1.44. The summed E-state index contributed by atoms with van der Waals surface area (Å²) in [5.74, 6) is -0.570. The normalized spacial score (nSPS) is 11.0. The molecule has 3 aromatic heterocycles. The average Bonchev–Trinajstić information content (AvgIpc) is 3.53. The number of amides is 2. The zero-order valence-corrected chi connectivity index (χ0v) is 17.0. The summed E-state index contributed by atoms with van der Waals surface area (Å²) in [7, 11) is 0. The van der Waals surface area contributed by atoms with Crippen LogP contribution < -0.4 is 21.6 Å². The van der Waals surface area contributed by atoms with Gasteiger partial charge < -0.3 is 16.2 Å². The largest absolute Gasteiger partial charge is 0.484 e. The van der Waals surface area contributed by atoms with Gasteiger partial charge in [-0.15, -0.1) is 16.4 Å². The topological polar surface area (TPSA) is 189 Å². The predicted molar refractivity (Wildman–Crippen MR) is 113 cm³/mol. The fourth-order valence-corrected chi connectivity index (χ4v) is 3.33. The minimum absolute atomic E-state index is 0.000871. The van der Waals surface area contributed by atoms with Crippen LogP contribution in [0, 0.1) is 0 Å². The Bertz CT molecular complexity index is 1260. The molecule has 0 spiro atoms. The molecule has 162 valence electrons. The summed E-state index contributed by atoms with van der Waals surface area (Å²) in [6, 6.07) is 10.3. The van der Waals surface area contributed by atoms with Gasteiger partial charge in [0, 0.05) is 0 Å². The van der Waals surface area contributed by atoms with Crippen LogP contribution in [0.15, 0.2) is 51.5 Å². The number of nitrogens with two attached hydrogens (primary N) is 2. The Hall–Kier alpha value is -4.59. The van der Waals surface area contributed by atoms with E-state index in [2.05, 4.69) is 35.8 Å². The molecule has 0 saturated carbocycles. The number of carbonyl (C=O) groups is 2. The predicted octanol–water partition coefficient (Wildman–Crippen LogP) is 0.589. The summed E-state index contributed by atoms with van der Waals surface area (Å²) in [5.41, 5.74) is 14.3. The van der Waals surface area contributed by atoms with Crippen molar-refractivity contribution < 1.29 is 19.0 Å². The number of nitrogens with one attached hydrogen (secondary N) is 1. The van der Waals surface area contributed by atoms with Crippen molar-refractivity contribution in [2.24, 2.45) is 10.8 Å². The lowest BCUT2D eigenvalue weighted by Gasteiger charge is -2.04. The van der Waals surface area contributed by atoms with Gasteiger partial charge in [0.05, 0.1) is 11.1 Å². The van der Waals surface area contributed by atoms with Gasteiger partial charge >= 0.3 is 0 Å². The van der Waals surface area contributed by atoms with E-state index in [0.29, 0.717) is 21.9 Å². The standard InChI is InChI=1S/C18H15N9O4S/c19-13(28)9-30-11-5-3-10(4-6-11)8-21-23-18(29)14-15(12-2-1-7-32-12)27(26-22-14)17-16(20)24-31-25-17/h1-8H,9H2,(H2,19,28)(H2,20,24)(H,23,29)/b21-8-. The van der Waals surface area contributed by atoms with Gasteiger partial charge in [0.2, 0.25) is 11.6 Å². The number of aromatic nitrogens is 5. The number of carbonyl (C=O) groups excluding carboxylic acids is 2. The molecule has 14 heteroatoms. The zero-order valence-electron chi connectivity index (χ0n) is 16.2. The summed E-state index contributed by atoms with van der Waals surface area (Å²) in [4.78, 5) is 24.2. The summed E-state index contributed by atoms with van der Waals surface area (Å²) >= 11 is 1.38. The molecule has 0 aliphatic rings. The maximum absolute atomic E-state index is 12.7. The molecule has 32 heavy (non-hydrogen) atoms. The molecule has 1 aromatic carbocycles. The number of anilines is 1. The van der Waals surface area contributed by atoms with Crippen LogP contribution >= 0.6 is 11.3 Å². The van der Waals surface area contributed by atoms with E-state index in [9.17, 15) is 9.59 Å². The second-order valence-electron chi connectivity index (χ2n) is 6.17. The highest BCUT2D eigenvalue weighted by atomic mass is 32.1. The highest BCUT2D eigenvalue weighted by Crippen LogP contribution is 2.29. The molecular weight excluding hydrogens is 438 g/mol. The minimum Gasteiger partial charge on any atom is -0.484 e. The molecule has 0 bridgehead atoms. The van der Waals surface area contributed by atoms with Gasteiger partial charge in [-0.3, -0.25) is 9.59 Å². The van der Waals surface area contributed by atoms with Gasteiger partial charge in [-0.2, -0.15) is 9.78 Å². The van der Waals surface area contributed by atoms with Crippen molar-refractivity contribution in [3.63, 3.8) is 0 Å². The first-order valence-corrected chi connectivity index (χ1v) is 9.83. The summed E-state index contributed by atoms with van der Waals surface area (Å²) in [6.45, 7) is -0.215. The maximum atomic E-state index is 12.7. The number of hydrazone groups is 1. The summed E-state index contributed by atoms with van der Waals surface area (Å²) in [5, 5.41) is 21.0. The van der Waals surface area contributed by atoms with Crippen LogP contribution in [0.2, 0.25) is 0 Å². The van der Waals surface area contributed by atoms with Gasteiger partial charge in [0.1, 0.15) is 11.4 Å². The van der Waals surface area contributed by atoms with Gasteiger partial charge in [0.15, 0.2) is 12.3 Å². The number of primary amides is 1. The third-order valence-corrected chi connectivity index (χ3v) is 4.85. The fourth-order valence-electron chi connectivity index (χ4n) is 2.58. The van der Waals surface area contributed by atoms with Crippen molar-refractivity contribution in [2.75, 3.05) is 12.3 Å². The molecule has 4 aromatic rings. The van der Waals surface area contributed by atoms with Gasteiger partial charge in [-0.25, -0.2) is 10.1 Å². The van der Waals surface area contributed by atoms with Crippen LogP contribution in [-0.4, -0.2) is 49.9 Å². The molecule has 5 N–H and O–H groups in total. The van der Waals surface area contributed by atoms with E-state index in [-0.39, 0.29) is 23.9 Å². The second-order valence-corrected chi connectivity index (χ2v) is 7.12. The van der Waals surface area contributed by atoms with Crippen molar-refractivity contribution in [1.29, 1.82) is 0 Å². The Kier molecular flexibility index (Phi) is 5.85. The van der Waals surface area contributed by atoms with Crippen LogP contribution in [0.4, 0.5) is 5.82 Å². The Labute approximate surface area is 183 Å². The van der Waals surface area contributed by atoms with Crippen molar-refractivity contribution in [3.05, 3.63) is 53.0 Å². The molecule has 0 radical (unpaired) electrons. The number of hydrogen-bond acceptors (Lipinski definition) is 11. The number of benzene rings is 1. The van der Waals surface area contributed by atoms with Crippen molar-refractivity contribution in [1.82, 2.24) is 30.7 Å². The van der Waals surface area contributed by atoms with E-state index in [1.165, 1.54) is 22.2 Å². The van der Waals surface area contributed by atoms with Gasteiger partial charge in [-0.1, -0.05) is 11.3 Å². The third-order valence-electron chi connectivity index (χ3n) is 3.98. The van der Waals surface area contributed by atoms with Crippen LogP contribution in [0.5, 0.6) is 5.75 Å². The lowest BCUT2D eigenvalue weighted by molar-refractivity contribution is -0.119. The average molecular weight is 453 g/mol. The van der Waals surface area contributed by atoms with E-state index in [1.54, 1.807) is 30.3 Å². The van der Waals surface area contributed by atoms with Crippen LogP contribution in [0.1, 0.15) is 16.1 Å².